The van der Waals surface area contributed by atoms with Gasteiger partial charge in [0.15, 0.2) is 0 Å². The van der Waals surface area contributed by atoms with Crippen LogP contribution in [0.5, 0.6) is 5.75 Å². The van der Waals surface area contributed by atoms with Crippen LogP contribution in [-0.2, 0) is 0 Å². The first-order valence-corrected chi connectivity index (χ1v) is 9.72. The molecule has 5 nitrogen and oxygen atoms in total. The second kappa shape index (κ2) is 6.50. The van der Waals surface area contributed by atoms with E-state index < -0.39 is 5.92 Å². The number of nitriles is 1. The number of benzene rings is 3. The average molecular weight is 393 g/mol. The van der Waals surface area contributed by atoms with Crippen LogP contribution in [0.15, 0.2) is 70.8 Å². The lowest BCUT2D eigenvalue weighted by Crippen LogP contribution is -2.25. The predicted octanol–water partition coefficient (Wildman–Crippen LogP) is 4.52. The van der Waals surface area contributed by atoms with Crippen LogP contribution in [0.3, 0.4) is 0 Å². The Bertz CT molecular complexity index is 1490. The van der Waals surface area contributed by atoms with Gasteiger partial charge < -0.3 is 15.5 Å². The number of nitrogens with two attached hydrogens (primary N) is 1. The van der Waals surface area contributed by atoms with Gasteiger partial charge in [-0.15, -0.1) is 0 Å². The van der Waals surface area contributed by atoms with Crippen molar-refractivity contribution < 1.29 is 4.74 Å². The predicted molar refractivity (Wildman–Crippen MR) is 117 cm³/mol. The second-order valence-electron chi connectivity index (χ2n) is 7.66. The molecule has 0 unspecified atom stereocenters. The van der Waals surface area contributed by atoms with Crippen LogP contribution < -0.4 is 16.0 Å². The Kier molecular flexibility index (Phi) is 3.90. The number of nitrogens with one attached hydrogen (secondary N) is 1. The molecular weight excluding hydrogens is 374 g/mol. The lowest BCUT2D eigenvalue weighted by Gasteiger charge is -2.27. The number of aromatic nitrogens is 1. The van der Waals surface area contributed by atoms with Crippen molar-refractivity contribution in [3.8, 4) is 11.8 Å². The quantitative estimate of drug-likeness (QED) is 0.497. The molecule has 0 aliphatic carbocycles. The van der Waals surface area contributed by atoms with Crippen LogP contribution in [0, 0.1) is 25.2 Å². The molecule has 3 N–H and O–H groups in total. The van der Waals surface area contributed by atoms with Crippen molar-refractivity contribution in [1.29, 1.82) is 5.26 Å². The van der Waals surface area contributed by atoms with Crippen molar-refractivity contribution in [1.82, 2.24) is 4.98 Å². The molecule has 1 atom stereocenters. The van der Waals surface area contributed by atoms with E-state index in [1.165, 1.54) is 0 Å². The van der Waals surface area contributed by atoms with Crippen molar-refractivity contribution in [2.24, 2.45) is 5.73 Å². The summed E-state index contributed by atoms with van der Waals surface area (Å²) in [6.07, 6.45) is 0. The number of aryl methyl sites for hydroxylation is 2. The summed E-state index contributed by atoms with van der Waals surface area (Å²) >= 11 is 0. The fourth-order valence-corrected chi connectivity index (χ4v) is 4.26. The zero-order chi connectivity index (χ0) is 21.0. The fourth-order valence-electron chi connectivity index (χ4n) is 4.26. The standard InChI is InChI=1S/C25H19N3O2/c1-13-7-8-16-11-19(25(29)28-22(16)14(13)2)21-18-10-9-15-5-3-4-6-17(15)23(18)30-24(27)20(21)12-26/h3-11,21H,27H2,1-2H3,(H,28,29)/t21-/m1/s1. The van der Waals surface area contributed by atoms with E-state index in [0.29, 0.717) is 11.3 Å². The molecule has 5 heteroatoms. The Hall–Kier alpha value is -4.04. The van der Waals surface area contributed by atoms with E-state index in [1.807, 2.05) is 68.4 Å². The molecule has 1 aliphatic rings. The molecule has 2 heterocycles. The fraction of sp³-hybridized carbons (Fsp3) is 0.120. The molecule has 0 fully saturated rings. The maximum Gasteiger partial charge on any atom is 0.252 e. The summed E-state index contributed by atoms with van der Waals surface area (Å²) in [6.45, 7) is 4.00. The number of rotatable bonds is 1. The van der Waals surface area contributed by atoms with Gasteiger partial charge in [-0.25, -0.2) is 0 Å². The maximum absolute atomic E-state index is 13.2. The van der Waals surface area contributed by atoms with Gasteiger partial charge >= 0.3 is 0 Å². The van der Waals surface area contributed by atoms with E-state index in [4.69, 9.17) is 10.5 Å². The lowest BCUT2D eigenvalue weighted by atomic mass is 9.82. The Balaban J connectivity index is 1.83. The summed E-state index contributed by atoms with van der Waals surface area (Å²) in [6, 6.07) is 19.7. The van der Waals surface area contributed by atoms with Crippen molar-refractivity contribution in [3.05, 3.63) is 98.7 Å². The minimum absolute atomic E-state index is 0.0333. The SMILES string of the molecule is Cc1ccc2cc([C@@H]3C(C#N)=C(N)Oc4c3ccc3ccccc43)c(=O)[nH]c2c1C. The molecule has 146 valence electrons. The topological polar surface area (TPSA) is 91.9 Å². The number of hydrogen-bond acceptors (Lipinski definition) is 4. The summed E-state index contributed by atoms with van der Waals surface area (Å²) in [5.74, 6) is 0.0261. The number of allylic oxidation sites excluding steroid dienone is 1. The molecule has 0 saturated carbocycles. The van der Waals surface area contributed by atoms with E-state index in [1.54, 1.807) is 0 Å². The monoisotopic (exact) mass is 393 g/mol. The van der Waals surface area contributed by atoms with Crippen molar-refractivity contribution >= 4 is 21.7 Å². The molecule has 5 rings (SSSR count). The molecule has 30 heavy (non-hydrogen) atoms. The third-order valence-electron chi connectivity index (χ3n) is 6.00. The van der Waals surface area contributed by atoms with Gasteiger partial charge in [-0.2, -0.15) is 5.26 Å². The Morgan fingerprint density at radius 3 is 2.60 bits per heavy atom. The zero-order valence-corrected chi connectivity index (χ0v) is 16.6. The Morgan fingerprint density at radius 1 is 1.03 bits per heavy atom. The Labute approximate surface area is 173 Å². The summed E-state index contributed by atoms with van der Waals surface area (Å²) in [5, 5.41) is 12.6. The number of H-pyrrole nitrogens is 1. The van der Waals surface area contributed by atoms with Crippen LogP contribution in [0.2, 0.25) is 0 Å². The minimum Gasteiger partial charge on any atom is -0.440 e. The first-order chi connectivity index (χ1) is 14.5. The molecule has 4 aromatic rings. The van der Waals surface area contributed by atoms with Gasteiger partial charge in [0.25, 0.3) is 5.56 Å². The third kappa shape index (κ3) is 2.51. The molecular formula is C25H19N3O2. The first-order valence-electron chi connectivity index (χ1n) is 9.72. The first kappa shape index (κ1) is 18.0. The van der Waals surface area contributed by atoms with Gasteiger partial charge in [0, 0.05) is 16.5 Å². The second-order valence-corrected chi connectivity index (χ2v) is 7.66. The largest absolute Gasteiger partial charge is 0.440 e. The molecule has 0 saturated heterocycles. The van der Waals surface area contributed by atoms with E-state index in [2.05, 4.69) is 11.1 Å². The van der Waals surface area contributed by atoms with Crippen LogP contribution >= 0.6 is 0 Å². The van der Waals surface area contributed by atoms with Crippen LogP contribution in [0.1, 0.15) is 28.2 Å². The highest BCUT2D eigenvalue weighted by Crippen LogP contribution is 2.44. The zero-order valence-electron chi connectivity index (χ0n) is 16.6. The van der Waals surface area contributed by atoms with Gasteiger partial charge in [-0.05, 0) is 41.8 Å². The Morgan fingerprint density at radius 2 is 1.80 bits per heavy atom. The van der Waals surface area contributed by atoms with Crippen molar-refractivity contribution in [2.45, 2.75) is 19.8 Å². The van der Waals surface area contributed by atoms with Gasteiger partial charge in [-0.3, -0.25) is 4.79 Å². The van der Waals surface area contributed by atoms with Gasteiger partial charge in [0.05, 0.1) is 11.4 Å². The van der Waals surface area contributed by atoms with Crippen LogP contribution in [0.4, 0.5) is 0 Å². The lowest BCUT2D eigenvalue weighted by molar-refractivity contribution is 0.398. The number of aromatic amines is 1. The van der Waals surface area contributed by atoms with Crippen molar-refractivity contribution in [2.75, 3.05) is 0 Å². The highest BCUT2D eigenvalue weighted by atomic mass is 16.5. The smallest absolute Gasteiger partial charge is 0.252 e. The molecule has 1 aromatic heterocycles. The maximum atomic E-state index is 13.2. The summed E-state index contributed by atoms with van der Waals surface area (Å²) in [4.78, 5) is 16.2. The molecule has 0 bridgehead atoms. The highest BCUT2D eigenvalue weighted by molar-refractivity contribution is 5.91. The number of nitrogens with zero attached hydrogens (tertiary/aromatic N) is 1. The van der Waals surface area contributed by atoms with Gasteiger partial charge in [0.2, 0.25) is 5.88 Å². The van der Waals surface area contributed by atoms with Crippen LogP contribution in [0.25, 0.3) is 21.7 Å². The number of ether oxygens (including phenoxy) is 1. The summed E-state index contributed by atoms with van der Waals surface area (Å²) in [7, 11) is 0. The highest BCUT2D eigenvalue weighted by Gasteiger charge is 2.33. The van der Waals surface area contributed by atoms with Crippen LogP contribution in [-0.4, -0.2) is 4.98 Å². The van der Waals surface area contributed by atoms with Gasteiger partial charge in [-0.1, -0.05) is 48.5 Å². The number of pyridine rings is 1. The number of hydrogen-bond donors (Lipinski definition) is 2. The average Bonchev–Trinajstić information content (AvgIpc) is 2.75. The normalized spacial score (nSPS) is 15.7. The molecule has 3 aromatic carbocycles. The van der Waals surface area contributed by atoms with E-state index in [9.17, 15) is 10.1 Å². The summed E-state index contributed by atoms with van der Waals surface area (Å²) in [5.41, 5.74) is 10.3. The number of fused-ring (bicyclic) bond motifs is 4. The molecule has 1 aliphatic heterocycles. The summed E-state index contributed by atoms with van der Waals surface area (Å²) < 4.78 is 5.89. The van der Waals surface area contributed by atoms with Crippen molar-refractivity contribution in [3.63, 3.8) is 0 Å². The molecule has 0 radical (unpaired) electrons. The van der Waals surface area contributed by atoms with E-state index in [-0.39, 0.29) is 17.0 Å². The molecule has 0 amide bonds. The van der Waals surface area contributed by atoms with E-state index >= 15 is 0 Å². The minimum atomic E-state index is -0.599. The third-order valence-corrected chi connectivity index (χ3v) is 6.00. The molecule has 0 spiro atoms. The van der Waals surface area contributed by atoms with E-state index in [0.717, 1.165) is 38.4 Å². The van der Waals surface area contributed by atoms with Gasteiger partial charge in [0.1, 0.15) is 17.4 Å².